The van der Waals surface area contributed by atoms with Gasteiger partial charge in [0.25, 0.3) is 21.4 Å². The fraction of sp³-hybridized carbons (Fsp3) is 0. The van der Waals surface area contributed by atoms with Gasteiger partial charge in [-0.15, -0.1) is 0 Å². The van der Waals surface area contributed by atoms with Gasteiger partial charge in [0.05, 0.1) is 14.7 Å². The Labute approximate surface area is 124 Å². The van der Waals surface area contributed by atoms with Crippen LogP contribution < -0.4 is 4.72 Å². The molecule has 0 amide bonds. The molecule has 0 spiro atoms. The lowest BCUT2D eigenvalue weighted by atomic mass is 10.2. The maximum absolute atomic E-state index is 12.2. The van der Waals surface area contributed by atoms with E-state index in [1.54, 1.807) is 6.07 Å². The van der Waals surface area contributed by atoms with Crippen LogP contribution in [0.25, 0.3) is 0 Å². The van der Waals surface area contributed by atoms with E-state index in [1.165, 1.54) is 24.3 Å². The smallest absolute Gasteiger partial charge is 0.267 e. The maximum atomic E-state index is 12.2. The van der Waals surface area contributed by atoms with Gasteiger partial charge in [-0.3, -0.25) is 25.0 Å². The number of sulfonamides is 1. The van der Waals surface area contributed by atoms with Crippen molar-refractivity contribution in [3.8, 4) is 0 Å². The quantitative estimate of drug-likeness (QED) is 0.663. The van der Waals surface area contributed by atoms with Gasteiger partial charge < -0.3 is 0 Å². The SMILES string of the molecule is O=[N+]([O-])c1cccc([N+](=O)[O-])c1NS(=O)(=O)c1ccccc1. The Kier molecular flexibility index (Phi) is 4.04. The number of hydrogen-bond acceptors (Lipinski definition) is 6. The molecule has 1 N–H and O–H groups in total. The molecule has 22 heavy (non-hydrogen) atoms. The Balaban J connectivity index is 2.58. The number of nitro groups is 2. The van der Waals surface area contributed by atoms with E-state index in [1.807, 2.05) is 4.72 Å². The maximum Gasteiger partial charge on any atom is 0.300 e. The Morgan fingerprint density at radius 2 is 1.32 bits per heavy atom. The lowest BCUT2D eigenvalue weighted by Crippen LogP contribution is -2.15. The molecular weight excluding hydrogens is 314 g/mol. The van der Waals surface area contributed by atoms with Gasteiger partial charge in [0.2, 0.25) is 5.69 Å². The summed E-state index contributed by atoms with van der Waals surface area (Å²) in [5, 5.41) is 21.9. The highest BCUT2D eigenvalue weighted by molar-refractivity contribution is 7.92. The van der Waals surface area contributed by atoms with E-state index >= 15 is 0 Å². The molecule has 0 aliphatic heterocycles. The van der Waals surface area contributed by atoms with Crippen LogP contribution in [0.5, 0.6) is 0 Å². The van der Waals surface area contributed by atoms with Gasteiger partial charge in [-0.1, -0.05) is 18.2 Å². The summed E-state index contributed by atoms with van der Waals surface area (Å²) in [5.41, 5.74) is -2.08. The fourth-order valence-corrected chi connectivity index (χ4v) is 2.84. The molecule has 0 saturated carbocycles. The molecule has 2 aromatic carbocycles. The predicted molar refractivity (Wildman–Crippen MR) is 77.0 cm³/mol. The van der Waals surface area contributed by atoms with Crippen LogP contribution >= 0.6 is 0 Å². The summed E-state index contributed by atoms with van der Waals surface area (Å²) < 4.78 is 26.3. The van der Waals surface area contributed by atoms with Gasteiger partial charge in [-0.2, -0.15) is 0 Å². The van der Waals surface area contributed by atoms with E-state index < -0.39 is 36.9 Å². The van der Waals surface area contributed by atoms with Crippen LogP contribution in [0.2, 0.25) is 0 Å². The standard InChI is InChI=1S/C12H9N3O6S/c16-14(17)10-7-4-8-11(15(18)19)12(10)13-22(20,21)9-5-2-1-3-6-9/h1-8,13H. The Morgan fingerprint density at radius 3 is 1.77 bits per heavy atom. The van der Waals surface area contributed by atoms with Crippen molar-refractivity contribution in [3.05, 3.63) is 68.8 Å². The van der Waals surface area contributed by atoms with Crippen molar-refractivity contribution in [1.82, 2.24) is 0 Å². The molecule has 2 aromatic rings. The number of nitrogens with zero attached hydrogens (tertiary/aromatic N) is 2. The number of nitrogens with one attached hydrogen (secondary N) is 1. The van der Waals surface area contributed by atoms with E-state index in [-0.39, 0.29) is 4.90 Å². The largest absolute Gasteiger partial charge is 0.300 e. The zero-order valence-corrected chi connectivity index (χ0v) is 11.7. The molecule has 0 aliphatic carbocycles. The highest BCUT2D eigenvalue weighted by atomic mass is 32.2. The first-order valence-corrected chi connectivity index (χ1v) is 7.31. The van der Waals surface area contributed by atoms with E-state index in [4.69, 9.17) is 0 Å². The van der Waals surface area contributed by atoms with Crippen LogP contribution in [0.3, 0.4) is 0 Å². The number of anilines is 1. The number of nitro benzene ring substituents is 2. The average molecular weight is 323 g/mol. The second-order valence-corrected chi connectivity index (χ2v) is 5.79. The third kappa shape index (κ3) is 3.01. The van der Waals surface area contributed by atoms with E-state index in [0.29, 0.717) is 0 Å². The fourth-order valence-electron chi connectivity index (χ4n) is 1.73. The van der Waals surface area contributed by atoms with E-state index in [0.717, 1.165) is 18.2 Å². The van der Waals surface area contributed by atoms with Gasteiger partial charge >= 0.3 is 0 Å². The molecule has 0 bridgehead atoms. The normalized spacial score (nSPS) is 10.9. The van der Waals surface area contributed by atoms with Gasteiger partial charge in [0.1, 0.15) is 0 Å². The van der Waals surface area contributed by atoms with Crippen molar-refractivity contribution >= 4 is 27.1 Å². The van der Waals surface area contributed by atoms with Crippen LogP contribution in [0.15, 0.2) is 53.4 Å². The lowest BCUT2D eigenvalue weighted by Gasteiger charge is -2.08. The second-order valence-electron chi connectivity index (χ2n) is 4.10. The topological polar surface area (TPSA) is 132 Å². The lowest BCUT2D eigenvalue weighted by molar-refractivity contribution is -0.392. The molecule has 0 unspecified atom stereocenters. The van der Waals surface area contributed by atoms with Crippen LogP contribution in [0.4, 0.5) is 17.1 Å². The summed E-state index contributed by atoms with van der Waals surface area (Å²) >= 11 is 0. The van der Waals surface area contributed by atoms with Gasteiger partial charge in [-0.25, -0.2) is 8.42 Å². The molecule has 0 aliphatic rings. The van der Waals surface area contributed by atoms with Crippen molar-refractivity contribution in [2.24, 2.45) is 0 Å². The number of benzene rings is 2. The Morgan fingerprint density at radius 1 is 0.818 bits per heavy atom. The van der Waals surface area contributed by atoms with Crippen molar-refractivity contribution in [2.75, 3.05) is 4.72 Å². The van der Waals surface area contributed by atoms with E-state index in [9.17, 15) is 28.6 Å². The van der Waals surface area contributed by atoms with Gasteiger partial charge in [0.15, 0.2) is 0 Å². The molecular formula is C12H9N3O6S. The summed E-state index contributed by atoms with van der Waals surface area (Å²) in [7, 11) is -4.18. The summed E-state index contributed by atoms with van der Waals surface area (Å²) in [6.07, 6.45) is 0. The summed E-state index contributed by atoms with van der Waals surface area (Å²) in [5.74, 6) is 0. The third-order valence-electron chi connectivity index (χ3n) is 2.70. The average Bonchev–Trinajstić information content (AvgIpc) is 2.47. The van der Waals surface area contributed by atoms with Crippen LogP contribution in [0.1, 0.15) is 0 Å². The summed E-state index contributed by atoms with van der Waals surface area (Å²) in [6.45, 7) is 0. The number of hydrogen-bond donors (Lipinski definition) is 1. The van der Waals surface area contributed by atoms with Crippen molar-refractivity contribution in [1.29, 1.82) is 0 Å². The van der Waals surface area contributed by atoms with Crippen LogP contribution in [-0.2, 0) is 10.0 Å². The van der Waals surface area contributed by atoms with Gasteiger partial charge in [-0.05, 0) is 18.2 Å². The molecule has 2 rings (SSSR count). The van der Waals surface area contributed by atoms with E-state index in [2.05, 4.69) is 0 Å². The predicted octanol–water partition coefficient (Wildman–Crippen LogP) is 2.30. The first-order chi connectivity index (χ1) is 10.3. The third-order valence-corrected chi connectivity index (χ3v) is 4.07. The molecule has 9 nitrogen and oxygen atoms in total. The van der Waals surface area contributed by atoms with Crippen LogP contribution in [0, 0.1) is 20.2 Å². The molecule has 114 valence electrons. The highest BCUT2D eigenvalue weighted by Gasteiger charge is 2.29. The molecule has 0 radical (unpaired) electrons. The highest BCUT2D eigenvalue weighted by Crippen LogP contribution is 2.35. The number of para-hydroxylation sites is 1. The Bertz CT molecular complexity index is 803. The molecule has 0 aromatic heterocycles. The van der Waals surface area contributed by atoms with Crippen molar-refractivity contribution in [2.45, 2.75) is 4.90 Å². The first kappa shape index (κ1) is 15.4. The first-order valence-electron chi connectivity index (χ1n) is 5.82. The zero-order valence-electron chi connectivity index (χ0n) is 10.9. The zero-order chi connectivity index (χ0) is 16.3. The molecule has 10 heteroatoms. The van der Waals surface area contributed by atoms with Gasteiger partial charge in [0, 0.05) is 12.1 Å². The minimum atomic E-state index is -4.18. The summed E-state index contributed by atoms with van der Waals surface area (Å²) in [6, 6.07) is 10.1. The number of rotatable bonds is 5. The van der Waals surface area contributed by atoms with Crippen LogP contribution in [-0.4, -0.2) is 18.3 Å². The minimum Gasteiger partial charge on any atom is -0.267 e. The van der Waals surface area contributed by atoms with Crippen molar-refractivity contribution in [3.63, 3.8) is 0 Å². The Hall–Kier alpha value is -3.01. The minimum absolute atomic E-state index is 0.164. The molecule has 0 atom stereocenters. The van der Waals surface area contributed by atoms with Crippen molar-refractivity contribution < 1.29 is 18.3 Å². The molecule has 0 heterocycles. The monoisotopic (exact) mass is 323 g/mol. The summed E-state index contributed by atoms with van der Waals surface area (Å²) in [4.78, 5) is 20.0. The second kappa shape index (κ2) is 5.77. The molecule has 0 saturated heterocycles. The molecule has 0 fully saturated rings.